The van der Waals surface area contributed by atoms with Gasteiger partial charge in [0.1, 0.15) is 0 Å². The summed E-state index contributed by atoms with van der Waals surface area (Å²) in [5.41, 5.74) is 3.57. The number of rotatable bonds is 5. The van der Waals surface area contributed by atoms with E-state index in [1.807, 2.05) is 23.0 Å². The summed E-state index contributed by atoms with van der Waals surface area (Å²) < 4.78 is 5.55. The van der Waals surface area contributed by atoms with Crippen molar-refractivity contribution in [2.24, 2.45) is 11.0 Å². The van der Waals surface area contributed by atoms with Crippen molar-refractivity contribution in [2.75, 3.05) is 17.6 Å². The van der Waals surface area contributed by atoms with E-state index < -0.39 is 0 Å². The number of alkyl halides is 1. The van der Waals surface area contributed by atoms with Crippen LogP contribution in [0.5, 0.6) is 0 Å². The summed E-state index contributed by atoms with van der Waals surface area (Å²) in [4.78, 5) is 12.9. The third-order valence-electron chi connectivity index (χ3n) is 7.07. The summed E-state index contributed by atoms with van der Waals surface area (Å²) in [7, 11) is 0. The van der Waals surface area contributed by atoms with E-state index in [4.69, 9.17) is 5.10 Å². The molecule has 1 aromatic heterocycles. The molecule has 0 aromatic carbocycles. The first-order valence-corrected chi connectivity index (χ1v) is 14.0. The molecule has 0 radical (unpaired) electrons. The minimum Gasteiger partial charge on any atom is -0.0501 e. The monoisotopic (exact) mass is 519 g/mol. The number of hydrogen-bond acceptors (Lipinski definition) is 4. The molecule has 0 N–H and O–H groups in total. The second-order valence-electron chi connectivity index (χ2n) is 9.19. The van der Waals surface area contributed by atoms with Crippen LogP contribution in [-0.2, 0) is 0 Å². The van der Waals surface area contributed by atoms with E-state index in [1.165, 1.54) is 62.8 Å². The molecular weight excluding hydrogens is 487 g/mol. The predicted octanol–water partition coefficient (Wildman–Crippen LogP) is 1.04. The van der Waals surface area contributed by atoms with Crippen LogP contribution in [0.4, 0.5) is 0 Å². The van der Waals surface area contributed by atoms with Crippen molar-refractivity contribution in [1.29, 1.82) is 0 Å². The molecule has 1 saturated carbocycles. The van der Waals surface area contributed by atoms with E-state index in [2.05, 4.69) is 33.3 Å². The zero-order chi connectivity index (χ0) is 20.5. The van der Waals surface area contributed by atoms with E-state index in [0.717, 1.165) is 22.6 Å². The molecule has 3 heterocycles. The number of allylic oxidation sites excluding steroid dienone is 2. The van der Waals surface area contributed by atoms with Crippen LogP contribution in [0.3, 0.4) is 0 Å². The number of nitrogens with zero attached hydrogens (tertiary/aromatic N) is 4. The molecule has 162 valence electrons. The van der Waals surface area contributed by atoms with Crippen LogP contribution in [0.1, 0.15) is 63.4 Å². The van der Waals surface area contributed by atoms with Gasteiger partial charge in [-0.3, -0.25) is 0 Å². The Balaban J connectivity index is 1.25. The minimum absolute atomic E-state index is 0.0419. The Hall–Kier alpha value is -1.41. The zero-order valence-corrected chi connectivity index (χ0v) is 20.0. The van der Waals surface area contributed by atoms with Gasteiger partial charge in [0, 0.05) is 0 Å². The second kappa shape index (κ2) is 8.99. The molecule has 1 unspecified atom stereocenters. The number of aromatic nitrogens is 1. The van der Waals surface area contributed by atoms with Gasteiger partial charge in [-0.05, 0) is 5.92 Å². The maximum atomic E-state index is 12.9. The molecular formula is C24H32IN4O-. The number of hydrogen-bond donors (Lipinski definition) is 0. The Morgan fingerprint density at radius 3 is 2.73 bits per heavy atom. The van der Waals surface area contributed by atoms with Crippen LogP contribution in [0.2, 0.25) is 0 Å². The third kappa shape index (κ3) is 4.31. The van der Waals surface area contributed by atoms with Gasteiger partial charge < -0.3 is 0 Å². The molecule has 0 spiro atoms. The standard InChI is InChI=1S/C24H32IN4O/c1-18-4-6-19(7-5-18)20-10-13-28(24(30)15-20)22-8-9-23-21(14-22)16-26-29(23)17-25-27-11-2-3-12-27/h8,10,13-16,18-19,23H,2-7,9,11-12,17H2,1H3/q-1. The summed E-state index contributed by atoms with van der Waals surface area (Å²) >= 11 is 0.0419. The van der Waals surface area contributed by atoms with Gasteiger partial charge in [-0.1, -0.05) is 19.8 Å². The molecule has 0 bridgehead atoms. The Kier molecular flexibility index (Phi) is 6.14. The van der Waals surface area contributed by atoms with Crippen molar-refractivity contribution in [1.82, 2.24) is 12.7 Å². The van der Waals surface area contributed by atoms with Crippen LogP contribution < -0.4 is 27.0 Å². The van der Waals surface area contributed by atoms with Crippen LogP contribution >= 0.6 is 0 Å². The zero-order valence-electron chi connectivity index (χ0n) is 17.8. The van der Waals surface area contributed by atoms with Gasteiger partial charge in [0.15, 0.2) is 0 Å². The topological polar surface area (TPSA) is 40.8 Å². The number of fused-ring (bicyclic) bond motifs is 1. The molecule has 1 saturated heterocycles. The molecule has 30 heavy (non-hydrogen) atoms. The summed E-state index contributed by atoms with van der Waals surface area (Å²) in [5, 5.41) is 6.97. The average molecular weight is 519 g/mol. The normalized spacial score (nSPS) is 29.2. The van der Waals surface area contributed by atoms with Crippen LogP contribution in [0.15, 0.2) is 46.0 Å². The predicted molar refractivity (Wildman–Crippen MR) is 118 cm³/mol. The second-order valence-corrected chi connectivity index (χ2v) is 11.9. The van der Waals surface area contributed by atoms with Crippen molar-refractivity contribution < 1.29 is 21.5 Å². The first-order chi connectivity index (χ1) is 14.7. The molecule has 2 aliphatic carbocycles. The van der Waals surface area contributed by atoms with Gasteiger partial charge in [-0.15, -0.1) is 0 Å². The Labute approximate surface area is 190 Å². The van der Waals surface area contributed by atoms with Gasteiger partial charge in [-0.25, -0.2) is 0 Å². The molecule has 2 fully saturated rings. The molecule has 5 nitrogen and oxygen atoms in total. The van der Waals surface area contributed by atoms with Gasteiger partial charge >= 0.3 is 165 Å². The molecule has 5 rings (SSSR count). The molecule has 1 aromatic rings. The van der Waals surface area contributed by atoms with Gasteiger partial charge in [0.2, 0.25) is 0 Å². The average Bonchev–Trinajstić information content (AvgIpc) is 3.42. The fourth-order valence-corrected chi connectivity index (χ4v) is 7.86. The Bertz CT molecular complexity index is 919. The number of pyridine rings is 1. The first-order valence-electron chi connectivity index (χ1n) is 11.5. The first kappa shape index (κ1) is 20.5. The number of hydrazone groups is 1. The summed E-state index contributed by atoms with van der Waals surface area (Å²) in [6, 6.07) is 4.40. The van der Waals surface area contributed by atoms with Crippen molar-refractivity contribution in [2.45, 2.75) is 63.8 Å². The maximum absolute atomic E-state index is 12.9. The Morgan fingerprint density at radius 1 is 1.17 bits per heavy atom. The molecule has 6 heteroatoms. The quantitative estimate of drug-likeness (QED) is 0.253. The summed E-state index contributed by atoms with van der Waals surface area (Å²) in [5.74, 6) is 1.39. The van der Waals surface area contributed by atoms with E-state index in [0.29, 0.717) is 12.0 Å². The molecule has 4 aliphatic rings. The number of halogens is 1. The van der Waals surface area contributed by atoms with Crippen molar-refractivity contribution in [3.8, 4) is 0 Å². The molecule has 2 aliphatic heterocycles. The van der Waals surface area contributed by atoms with E-state index in [1.54, 1.807) is 0 Å². The minimum atomic E-state index is 0.0419. The fraction of sp³-hybridized carbons (Fsp3) is 0.583. The fourth-order valence-electron chi connectivity index (χ4n) is 5.10. The summed E-state index contributed by atoms with van der Waals surface area (Å²) in [6.45, 7) is 4.90. The van der Waals surface area contributed by atoms with Crippen molar-refractivity contribution in [3.63, 3.8) is 0 Å². The van der Waals surface area contributed by atoms with E-state index in [9.17, 15) is 4.79 Å². The van der Waals surface area contributed by atoms with E-state index in [-0.39, 0.29) is 27.0 Å². The van der Waals surface area contributed by atoms with Crippen LogP contribution in [0.25, 0.3) is 5.70 Å². The van der Waals surface area contributed by atoms with Crippen molar-refractivity contribution in [3.05, 3.63) is 52.0 Å². The Morgan fingerprint density at radius 2 is 1.97 bits per heavy atom. The molecule has 0 amide bonds. The van der Waals surface area contributed by atoms with E-state index >= 15 is 0 Å². The van der Waals surface area contributed by atoms with Crippen LogP contribution in [0, 0.1) is 5.92 Å². The van der Waals surface area contributed by atoms with Gasteiger partial charge in [0.05, 0.1) is 0 Å². The van der Waals surface area contributed by atoms with Gasteiger partial charge in [0.25, 0.3) is 0 Å². The SMILES string of the molecule is CC1CCC(c2ccn(C3=CCC4C(=C3)C=NN4C[I-]N3CCCC3)c(=O)c2)CC1. The van der Waals surface area contributed by atoms with Gasteiger partial charge in [-0.2, -0.15) is 0 Å². The molecule has 1 atom stereocenters. The van der Waals surface area contributed by atoms with Crippen molar-refractivity contribution >= 4 is 11.9 Å². The smallest absolute Gasteiger partial charge is 0.0501 e. The van der Waals surface area contributed by atoms with Crippen LogP contribution in [-0.4, -0.2) is 42.6 Å². The third-order valence-corrected chi connectivity index (χ3v) is 10.0. The summed E-state index contributed by atoms with van der Waals surface area (Å²) in [6.07, 6.45) is 17.0.